The van der Waals surface area contributed by atoms with Gasteiger partial charge in [-0.25, -0.2) is 0 Å². The van der Waals surface area contributed by atoms with Crippen LogP contribution >= 0.6 is 23.1 Å². The highest BCUT2D eigenvalue weighted by Gasteiger charge is 2.43. The minimum absolute atomic E-state index is 0.142. The average molecular weight is 458 g/mol. The summed E-state index contributed by atoms with van der Waals surface area (Å²) >= 11 is 3.11. The fourth-order valence-electron chi connectivity index (χ4n) is 5.12. The number of thiophene rings is 1. The van der Waals surface area contributed by atoms with Gasteiger partial charge in [-0.3, -0.25) is 9.59 Å². The van der Waals surface area contributed by atoms with Crippen molar-refractivity contribution in [3.05, 3.63) is 45.4 Å². The molecule has 5 rings (SSSR count). The summed E-state index contributed by atoms with van der Waals surface area (Å²) in [4.78, 5) is 29.5. The van der Waals surface area contributed by atoms with E-state index < -0.39 is 11.6 Å². The number of hydrogen-bond acceptors (Lipinski definition) is 6. The highest BCUT2D eigenvalue weighted by Crippen LogP contribution is 2.45. The summed E-state index contributed by atoms with van der Waals surface area (Å²) in [5, 5.41) is 12.3. The lowest BCUT2D eigenvalue weighted by Gasteiger charge is -2.41. The molecule has 5 nitrogen and oxygen atoms in total. The molecule has 1 N–H and O–H groups in total. The Kier molecular flexibility index (Phi) is 5.61. The minimum Gasteiger partial charge on any atom is -0.506 e. The average Bonchev–Trinajstić information content (AvgIpc) is 3.50. The molecule has 1 aromatic heterocycles. The molecule has 0 aromatic carbocycles. The number of quaternary nitrogens is 1. The topological polar surface area (TPSA) is 57.6 Å². The van der Waals surface area contributed by atoms with E-state index in [9.17, 15) is 14.7 Å². The van der Waals surface area contributed by atoms with Gasteiger partial charge in [-0.05, 0) is 62.8 Å². The normalized spacial score (nSPS) is 28.8. The van der Waals surface area contributed by atoms with E-state index in [0.717, 1.165) is 40.6 Å². The molecule has 0 amide bonds. The second-order valence-electron chi connectivity index (χ2n) is 9.16. The molecular weight excluding hydrogens is 428 g/mol. The van der Waals surface area contributed by atoms with Crippen LogP contribution < -0.4 is 4.90 Å². The number of anilines is 1. The summed E-state index contributed by atoms with van der Waals surface area (Å²) in [5.41, 5.74) is 0.372. The maximum absolute atomic E-state index is 12.9. The molecule has 7 heteroatoms. The molecule has 3 aliphatic heterocycles. The molecule has 1 atom stereocenters. The third-order valence-electron chi connectivity index (χ3n) is 7.00. The van der Waals surface area contributed by atoms with Crippen LogP contribution in [-0.4, -0.2) is 59.8 Å². The van der Waals surface area contributed by atoms with Gasteiger partial charge in [-0.2, -0.15) is 0 Å². The number of piperidine rings is 2. The van der Waals surface area contributed by atoms with Crippen molar-refractivity contribution in [1.82, 2.24) is 0 Å². The van der Waals surface area contributed by atoms with E-state index in [1.54, 1.807) is 11.8 Å². The van der Waals surface area contributed by atoms with Crippen molar-refractivity contribution in [2.24, 2.45) is 0 Å². The van der Waals surface area contributed by atoms with Gasteiger partial charge < -0.3 is 14.5 Å². The van der Waals surface area contributed by atoms with E-state index >= 15 is 0 Å². The van der Waals surface area contributed by atoms with Crippen LogP contribution in [-0.2, 0) is 9.59 Å². The van der Waals surface area contributed by atoms with E-state index in [2.05, 4.69) is 18.0 Å². The molecule has 2 saturated heterocycles. The highest BCUT2D eigenvalue weighted by molar-refractivity contribution is 8.04. The zero-order valence-electron chi connectivity index (χ0n) is 17.9. The number of allylic oxidation sites excluding steroid dienone is 3. The van der Waals surface area contributed by atoms with Crippen LogP contribution in [0.25, 0.3) is 5.57 Å². The number of ketones is 2. The fraction of sp³-hybridized carbons (Fsp3) is 0.500. The zero-order chi connectivity index (χ0) is 21.6. The Morgan fingerprint density at radius 2 is 1.65 bits per heavy atom. The van der Waals surface area contributed by atoms with Crippen LogP contribution in [0, 0.1) is 0 Å². The van der Waals surface area contributed by atoms with E-state index in [0.29, 0.717) is 4.88 Å². The molecule has 0 radical (unpaired) electrons. The van der Waals surface area contributed by atoms with E-state index in [4.69, 9.17) is 0 Å². The van der Waals surface area contributed by atoms with Gasteiger partial charge in [0.05, 0.1) is 36.3 Å². The van der Waals surface area contributed by atoms with Crippen LogP contribution in [0.3, 0.4) is 0 Å². The van der Waals surface area contributed by atoms with Crippen molar-refractivity contribution >= 4 is 45.2 Å². The molecular formula is C24H29N2O3S2+. The molecule has 4 aliphatic rings. The van der Waals surface area contributed by atoms with Gasteiger partial charge in [-0.1, -0.05) is 11.8 Å². The Morgan fingerprint density at radius 1 is 0.968 bits per heavy atom. The van der Waals surface area contributed by atoms with E-state index in [1.807, 2.05) is 18.2 Å². The van der Waals surface area contributed by atoms with Gasteiger partial charge in [-0.15, -0.1) is 11.3 Å². The second-order valence-corrected chi connectivity index (χ2v) is 11.4. The quantitative estimate of drug-likeness (QED) is 0.406. The lowest BCUT2D eigenvalue weighted by molar-refractivity contribution is -0.917. The van der Waals surface area contributed by atoms with Gasteiger partial charge in [0.1, 0.15) is 5.76 Å². The second kappa shape index (κ2) is 8.26. The predicted octanol–water partition coefficient (Wildman–Crippen LogP) is 4.67. The fourth-order valence-corrected chi connectivity index (χ4v) is 7.56. The van der Waals surface area contributed by atoms with Gasteiger partial charge in [0.15, 0.2) is 5.37 Å². The Hall–Kier alpha value is -1.83. The van der Waals surface area contributed by atoms with Crippen molar-refractivity contribution < 1.29 is 19.2 Å². The zero-order valence-corrected chi connectivity index (χ0v) is 19.6. The smallest absolute Gasteiger partial charge is 0.238 e. The lowest BCUT2D eigenvalue weighted by Crippen LogP contribution is -2.52. The molecule has 31 heavy (non-hydrogen) atoms. The van der Waals surface area contributed by atoms with Crippen molar-refractivity contribution in [3.63, 3.8) is 0 Å². The van der Waals surface area contributed by atoms with Gasteiger partial charge in [0.25, 0.3) is 0 Å². The number of aliphatic hydroxyl groups is 1. The summed E-state index contributed by atoms with van der Waals surface area (Å²) < 4.78 is 0.946. The molecule has 0 bridgehead atoms. The minimum atomic E-state index is -0.581. The van der Waals surface area contributed by atoms with Gasteiger partial charge in [0, 0.05) is 22.9 Å². The number of aliphatic hydroxyl groups excluding tert-OH is 1. The molecule has 164 valence electrons. The number of carbonyl (C=O) groups is 2. The van der Waals surface area contributed by atoms with Crippen LogP contribution in [0.1, 0.15) is 43.4 Å². The number of Topliss-reactive ketones (excluding diaryl/α,β-unsaturated/α-hetero) is 2. The Balaban J connectivity index is 1.43. The predicted molar refractivity (Wildman–Crippen MR) is 127 cm³/mol. The van der Waals surface area contributed by atoms with Crippen molar-refractivity contribution in [1.29, 1.82) is 0 Å². The highest BCUT2D eigenvalue weighted by atomic mass is 32.2. The van der Waals surface area contributed by atoms with Crippen LogP contribution in [0.4, 0.5) is 5.00 Å². The first-order valence-corrected chi connectivity index (χ1v) is 13.0. The number of likely N-dealkylation sites (tertiary alicyclic amines) is 1. The Bertz CT molecular complexity index is 1010. The first-order valence-electron chi connectivity index (χ1n) is 11.3. The van der Waals surface area contributed by atoms with Gasteiger partial charge in [0.2, 0.25) is 11.6 Å². The number of hydrogen-bond donors (Lipinski definition) is 1. The van der Waals surface area contributed by atoms with Crippen LogP contribution in [0.15, 0.2) is 40.5 Å². The SMILES string of the molecule is C[N+]1(C2C=C/C(=C3\C(=O)C(=O)C(c4ccc(N5CCCCC5)s4)=C3O)S2)CCCCC1. The molecule has 2 fully saturated rings. The maximum Gasteiger partial charge on any atom is 0.238 e. The number of thioether (sulfide) groups is 1. The summed E-state index contributed by atoms with van der Waals surface area (Å²) in [6.07, 6.45) is 11.4. The largest absolute Gasteiger partial charge is 0.506 e. The molecule has 1 unspecified atom stereocenters. The van der Waals surface area contributed by atoms with Crippen LogP contribution in [0.2, 0.25) is 0 Å². The first kappa shape index (κ1) is 21.0. The summed E-state index contributed by atoms with van der Waals surface area (Å²) in [6, 6.07) is 3.88. The van der Waals surface area contributed by atoms with Crippen molar-refractivity contribution in [3.8, 4) is 0 Å². The molecule has 0 spiro atoms. The Labute approximate surface area is 191 Å². The van der Waals surface area contributed by atoms with Crippen molar-refractivity contribution in [2.75, 3.05) is 38.1 Å². The summed E-state index contributed by atoms with van der Waals surface area (Å²) in [5.74, 6) is -1.30. The third-order valence-corrected chi connectivity index (χ3v) is 9.66. The number of carbonyl (C=O) groups excluding carboxylic acids is 2. The lowest BCUT2D eigenvalue weighted by atomic mass is 10.1. The molecule has 1 aromatic rings. The maximum atomic E-state index is 12.9. The van der Waals surface area contributed by atoms with E-state index in [-0.39, 0.29) is 22.3 Å². The Morgan fingerprint density at radius 3 is 2.39 bits per heavy atom. The molecule has 1 aliphatic carbocycles. The number of rotatable bonds is 3. The monoisotopic (exact) mass is 457 g/mol. The third kappa shape index (κ3) is 3.70. The summed E-state index contributed by atoms with van der Waals surface area (Å²) in [6.45, 7) is 4.29. The van der Waals surface area contributed by atoms with Gasteiger partial charge >= 0.3 is 0 Å². The van der Waals surface area contributed by atoms with Crippen molar-refractivity contribution in [2.45, 2.75) is 43.9 Å². The first-order chi connectivity index (χ1) is 15.0. The number of nitrogens with zero attached hydrogens (tertiary/aromatic N) is 2. The molecule has 4 heterocycles. The molecule has 0 saturated carbocycles. The summed E-state index contributed by atoms with van der Waals surface area (Å²) in [7, 11) is 2.27. The number of likely N-dealkylation sites (N-methyl/N-ethyl adjacent to an activating group) is 1. The standard InChI is InChI=1S/C24H28N2O3S2/c1-26(14-6-3-7-15-26)19-11-9-17(31-19)21-22(27)20(23(28)24(21)29)16-8-10-18(30-16)25-12-4-2-5-13-25/h8-11,19H,2-7,12-15H2,1H3/p+1/b21-17+. The van der Waals surface area contributed by atoms with Crippen LogP contribution in [0.5, 0.6) is 0 Å². The van der Waals surface area contributed by atoms with E-state index in [1.165, 1.54) is 49.9 Å².